The first-order valence-electron chi connectivity index (χ1n) is 10.2. The summed E-state index contributed by atoms with van der Waals surface area (Å²) in [5, 5.41) is 0.836. The van der Waals surface area contributed by atoms with Gasteiger partial charge in [-0.1, -0.05) is 48.0 Å². The van der Waals surface area contributed by atoms with Crippen molar-refractivity contribution in [1.29, 1.82) is 0 Å². The van der Waals surface area contributed by atoms with Crippen LogP contribution in [0.2, 0.25) is 5.02 Å². The molecule has 2 aliphatic rings. The molecule has 136 valence electrons. The monoisotopic (exact) mass is 364 g/mol. The van der Waals surface area contributed by atoms with Crippen molar-refractivity contribution in [3.05, 3.63) is 81.4 Å². The van der Waals surface area contributed by atoms with Gasteiger partial charge < -0.3 is 0 Å². The molecule has 0 amide bonds. The molecular weight excluding hydrogens is 336 g/mol. The molecule has 0 spiro atoms. The molecule has 0 N–H and O–H groups in total. The summed E-state index contributed by atoms with van der Waals surface area (Å²) < 4.78 is 0. The predicted molar refractivity (Wildman–Crippen MR) is 112 cm³/mol. The van der Waals surface area contributed by atoms with E-state index >= 15 is 0 Å². The Kier molecular flexibility index (Phi) is 5.50. The smallest absolute Gasteiger partial charge is 0.0406 e. The summed E-state index contributed by atoms with van der Waals surface area (Å²) in [5.41, 5.74) is 8.09. The Hall–Kier alpha value is -1.53. The maximum atomic E-state index is 6.06. The van der Waals surface area contributed by atoms with Gasteiger partial charge >= 0.3 is 0 Å². The molecule has 0 aliphatic heterocycles. The minimum absolute atomic E-state index is 0.648. The quantitative estimate of drug-likeness (QED) is 0.508. The number of fused-ring (bicyclic) bond motifs is 3. The lowest BCUT2D eigenvalue weighted by Crippen LogP contribution is -2.20. The lowest BCUT2D eigenvalue weighted by Gasteiger charge is -2.32. The third-order valence-electron chi connectivity index (χ3n) is 6.46. The average Bonchev–Trinajstić information content (AvgIpc) is 2.68. The maximum absolute atomic E-state index is 6.06. The Morgan fingerprint density at radius 1 is 0.923 bits per heavy atom. The molecule has 0 saturated carbocycles. The van der Waals surface area contributed by atoms with Gasteiger partial charge in [0.2, 0.25) is 0 Å². The fourth-order valence-electron chi connectivity index (χ4n) is 5.01. The number of allylic oxidation sites excluding steroid dienone is 2. The number of hydrogen-bond acceptors (Lipinski definition) is 0. The molecule has 0 nitrogen and oxygen atoms in total. The summed E-state index contributed by atoms with van der Waals surface area (Å²) in [7, 11) is 0. The second-order valence-electron chi connectivity index (χ2n) is 8.09. The molecule has 0 aromatic heterocycles. The van der Waals surface area contributed by atoms with Crippen molar-refractivity contribution in [1.82, 2.24) is 0 Å². The van der Waals surface area contributed by atoms with Crippen LogP contribution in [0.15, 0.2) is 48.6 Å². The van der Waals surface area contributed by atoms with E-state index < -0.39 is 0 Å². The Labute approximate surface area is 163 Å². The second-order valence-corrected chi connectivity index (χ2v) is 8.52. The van der Waals surface area contributed by atoms with E-state index in [1.807, 2.05) is 12.1 Å². The van der Waals surface area contributed by atoms with Crippen LogP contribution in [0.4, 0.5) is 0 Å². The number of benzene rings is 2. The van der Waals surface area contributed by atoms with Crippen molar-refractivity contribution in [2.24, 2.45) is 5.92 Å². The molecule has 2 aromatic carbocycles. The van der Waals surface area contributed by atoms with Crippen LogP contribution in [0.5, 0.6) is 0 Å². The van der Waals surface area contributed by atoms with E-state index in [0.29, 0.717) is 5.92 Å². The van der Waals surface area contributed by atoms with Gasteiger partial charge in [0.25, 0.3) is 0 Å². The van der Waals surface area contributed by atoms with E-state index in [2.05, 4.69) is 43.3 Å². The van der Waals surface area contributed by atoms with Crippen LogP contribution in [0.1, 0.15) is 66.3 Å². The zero-order valence-corrected chi connectivity index (χ0v) is 16.6. The Morgan fingerprint density at radius 2 is 1.62 bits per heavy atom. The van der Waals surface area contributed by atoms with Crippen LogP contribution in [-0.4, -0.2) is 0 Å². The summed E-state index contributed by atoms with van der Waals surface area (Å²) in [4.78, 5) is 0. The van der Waals surface area contributed by atoms with Crippen molar-refractivity contribution >= 4 is 11.6 Å². The van der Waals surface area contributed by atoms with E-state index in [-0.39, 0.29) is 0 Å². The van der Waals surface area contributed by atoms with Gasteiger partial charge in [0.1, 0.15) is 0 Å². The molecule has 1 heteroatoms. The van der Waals surface area contributed by atoms with E-state index in [0.717, 1.165) is 10.9 Å². The summed E-state index contributed by atoms with van der Waals surface area (Å²) in [6.45, 7) is 2.12. The molecule has 2 aromatic rings. The minimum Gasteiger partial charge on any atom is -0.0917 e. The van der Waals surface area contributed by atoms with Gasteiger partial charge in [-0.05, 0) is 110 Å². The Bertz CT molecular complexity index is 785. The van der Waals surface area contributed by atoms with Crippen molar-refractivity contribution in [3.8, 4) is 0 Å². The first-order valence-corrected chi connectivity index (χ1v) is 10.6. The molecule has 4 rings (SSSR count). The topological polar surface area (TPSA) is 0 Å². The van der Waals surface area contributed by atoms with Gasteiger partial charge in [-0.2, -0.15) is 0 Å². The van der Waals surface area contributed by atoms with Gasteiger partial charge in [0.05, 0.1) is 0 Å². The van der Waals surface area contributed by atoms with E-state index in [1.54, 1.807) is 22.3 Å². The summed E-state index contributed by atoms with van der Waals surface area (Å²) in [6.07, 6.45) is 14.8. The zero-order chi connectivity index (χ0) is 17.9. The second kappa shape index (κ2) is 8.01. The SMILES string of the molecule is CC=CCC[C@H]1CCc2c(ccc3c2CC[C@H](c2ccc(Cl)cc2)C3)C1. The molecular formula is C25H29Cl. The zero-order valence-electron chi connectivity index (χ0n) is 15.8. The van der Waals surface area contributed by atoms with Crippen molar-refractivity contribution in [2.75, 3.05) is 0 Å². The normalized spacial score (nSPS) is 22.2. The molecule has 26 heavy (non-hydrogen) atoms. The summed E-state index contributed by atoms with van der Waals surface area (Å²) in [5.74, 6) is 1.53. The lowest BCUT2D eigenvalue weighted by molar-refractivity contribution is 0.427. The van der Waals surface area contributed by atoms with Crippen LogP contribution in [0.25, 0.3) is 0 Å². The Balaban J connectivity index is 1.50. The average molecular weight is 365 g/mol. The number of rotatable bonds is 4. The molecule has 0 saturated heterocycles. The summed E-state index contributed by atoms with van der Waals surface area (Å²) >= 11 is 6.06. The lowest BCUT2D eigenvalue weighted by atomic mass is 9.73. The van der Waals surface area contributed by atoms with Crippen LogP contribution >= 0.6 is 11.6 Å². The molecule has 0 heterocycles. The van der Waals surface area contributed by atoms with Crippen molar-refractivity contribution < 1.29 is 0 Å². The molecule has 2 aliphatic carbocycles. The fraction of sp³-hybridized carbons (Fsp3) is 0.440. The van der Waals surface area contributed by atoms with Gasteiger partial charge in [-0.15, -0.1) is 0 Å². The van der Waals surface area contributed by atoms with Crippen molar-refractivity contribution in [3.63, 3.8) is 0 Å². The molecule has 0 unspecified atom stereocenters. The third-order valence-corrected chi connectivity index (χ3v) is 6.72. The minimum atomic E-state index is 0.648. The van der Waals surface area contributed by atoms with Gasteiger partial charge in [0, 0.05) is 5.02 Å². The van der Waals surface area contributed by atoms with Crippen LogP contribution < -0.4 is 0 Å². The number of hydrogen-bond donors (Lipinski definition) is 0. The van der Waals surface area contributed by atoms with E-state index in [9.17, 15) is 0 Å². The highest BCUT2D eigenvalue weighted by Crippen LogP contribution is 2.39. The van der Waals surface area contributed by atoms with Crippen LogP contribution in [0.3, 0.4) is 0 Å². The largest absolute Gasteiger partial charge is 0.0917 e. The van der Waals surface area contributed by atoms with Gasteiger partial charge in [0.15, 0.2) is 0 Å². The fourth-order valence-corrected chi connectivity index (χ4v) is 5.13. The van der Waals surface area contributed by atoms with Crippen molar-refractivity contribution in [2.45, 2.75) is 64.2 Å². The van der Waals surface area contributed by atoms with Gasteiger partial charge in [-0.3, -0.25) is 0 Å². The molecule has 2 atom stereocenters. The first-order chi connectivity index (χ1) is 12.7. The third kappa shape index (κ3) is 3.76. The highest BCUT2D eigenvalue weighted by molar-refractivity contribution is 6.30. The van der Waals surface area contributed by atoms with Gasteiger partial charge in [-0.25, -0.2) is 0 Å². The van der Waals surface area contributed by atoms with Crippen LogP contribution in [0, 0.1) is 5.92 Å². The number of halogens is 1. The highest BCUT2D eigenvalue weighted by Gasteiger charge is 2.26. The predicted octanol–water partition coefficient (Wildman–Crippen LogP) is 7.07. The molecule has 0 radical (unpaired) electrons. The first kappa shape index (κ1) is 17.9. The molecule has 0 bridgehead atoms. The Morgan fingerprint density at radius 3 is 2.35 bits per heavy atom. The van der Waals surface area contributed by atoms with E-state index in [4.69, 9.17) is 11.6 Å². The van der Waals surface area contributed by atoms with E-state index in [1.165, 1.54) is 56.9 Å². The summed E-state index contributed by atoms with van der Waals surface area (Å²) in [6, 6.07) is 13.4. The standard InChI is InChI=1S/C25H29Cl/c1-2-3-4-5-18-6-14-24-21(16-18)7-8-22-17-20(11-15-25(22)24)19-9-12-23(26)13-10-19/h2-3,7-10,12-13,18,20H,4-6,11,14-17H2,1H3/t18-,20-/m0/s1. The van der Waals surface area contributed by atoms with Crippen LogP contribution in [-0.2, 0) is 25.7 Å². The molecule has 0 fully saturated rings. The highest BCUT2D eigenvalue weighted by atomic mass is 35.5. The maximum Gasteiger partial charge on any atom is 0.0406 e.